The van der Waals surface area contributed by atoms with E-state index in [1.807, 2.05) is 23.1 Å². The van der Waals surface area contributed by atoms with E-state index >= 15 is 0 Å². The molecule has 0 atom stereocenters. The molecule has 0 saturated carbocycles. The summed E-state index contributed by atoms with van der Waals surface area (Å²) in [6.07, 6.45) is 3.38. The molecule has 0 aliphatic rings. The lowest BCUT2D eigenvalue weighted by molar-refractivity contribution is 0.0732. The molecule has 0 radical (unpaired) electrons. The Balaban J connectivity index is 1.88. The van der Waals surface area contributed by atoms with Gasteiger partial charge in [-0.3, -0.25) is 9.78 Å². The minimum atomic E-state index is -0.438. The molecule has 0 bridgehead atoms. The first-order valence-corrected chi connectivity index (χ1v) is 9.59. The fraction of sp³-hybridized carbons (Fsp3) is 0.261. The van der Waals surface area contributed by atoms with Crippen LogP contribution in [0, 0.1) is 0 Å². The molecule has 1 heterocycles. The van der Waals surface area contributed by atoms with Gasteiger partial charge in [0.15, 0.2) is 5.75 Å². The van der Waals surface area contributed by atoms with Crippen LogP contribution in [-0.2, 0) is 0 Å². The summed E-state index contributed by atoms with van der Waals surface area (Å²) in [6, 6.07) is 16.0. The van der Waals surface area contributed by atoms with Crippen molar-refractivity contribution in [3.8, 4) is 5.75 Å². The first-order valence-electron chi connectivity index (χ1n) is 9.59. The van der Waals surface area contributed by atoms with Gasteiger partial charge in [-0.2, -0.15) is 0 Å². The molecule has 0 aliphatic carbocycles. The molecule has 0 fully saturated rings. The zero-order chi connectivity index (χ0) is 19.9. The number of hydrogen-bond acceptors (Lipinski definition) is 4. The van der Waals surface area contributed by atoms with E-state index in [2.05, 4.69) is 18.8 Å². The summed E-state index contributed by atoms with van der Waals surface area (Å²) >= 11 is 0. The van der Waals surface area contributed by atoms with Crippen LogP contribution in [0.2, 0.25) is 0 Å². The van der Waals surface area contributed by atoms with Crippen molar-refractivity contribution in [3.05, 3.63) is 71.9 Å². The number of carbonyl (C=O) groups excluding carboxylic acids is 2. The second kappa shape index (κ2) is 9.13. The maximum absolute atomic E-state index is 12.8. The van der Waals surface area contributed by atoms with Gasteiger partial charge in [-0.25, -0.2) is 4.79 Å². The Labute approximate surface area is 165 Å². The van der Waals surface area contributed by atoms with Crippen LogP contribution in [0.1, 0.15) is 47.4 Å². The van der Waals surface area contributed by atoms with Crippen molar-refractivity contribution in [2.45, 2.75) is 26.7 Å². The summed E-state index contributed by atoms with van der Waals surface area (Å²) in [6.45, 7) is 5.56. The van der Waals surface area contributed by atoms with E-state index in [0.717, 1.165) is 31.3 Å². The lowest BCUT2D eigenvalue weighted by Gasteiger charge is -2.21. The van der Waals surface area contributed by atoms with Crippen LogP contribution in [0.15, 0.2) is 60.8 Å². The fourth-order valence-electron chi connectivity index (χ4n) is 3.10. The molecule has 1 aromatic heterocycles. The van der Waals surface area contributed by atoms with Gasteiger partial charge in [-0.15, -0.1) is 0 Å². The van der Waals surface area contributed by atoms with Crippen LogP contribution in [0.5, 0.6) is 5.75 Å². The van der Waals surface area contributed by atoms with E-state index in [9.17, 15) is 9.59 Å². The van der Waals surface area contributed by atoms with E-state index in [1.54, 1.807) is 42.6 Å². The van der Waals surface area contributed by atoms with Crippen molar-refractivity contribution >= 4 is 22.8 Å². The average molecular weight is 376 g/mol. The fourth-order valence-corrected chi connectivity index (χ4v) is 3.10. The maximum atomic E-state index is 12.8. The quantitative estimate of drug-likeness (QED) is 0.442. The summed E-state index contributed by atoms with van der Waals surface area (Å²) in [4.78, 5) is 31.4. The van der Waals surface area contributed by atoms with Crippen molar-refractivity contribution in [2.75, 3.05) is 13.1 Å². The van der Waals surface area contributed by atoms with Crippen LogP contribution >= 0.6 is 0 Å². The first kappa shape index (κ1) is 19.5. The number of carbonyl (C=O) groups is 2. The number of para-hydroxylation sites is 1. The normalized spacial score (nSPS) is 10.6. The molecular formula is C23H24N2O3. The molecule has 0 spiro atoms. The van der Waals surface area contributed by atoms with Gasteiger partial charge < -0.3 is 9.64 Å². The third kappa shape index (κ3) is 4.36. The predicted octanol–water partition coefficient (Wildman–Crippen LogP) is 4.72. The zero-order valence-electron chi connectivity index (χ0n) is 16.2. The largest absolute Gasteiger partial charge is 0.421 e. The maximum Gasteiger partial charge on any atom is 0.343 e. The standard InChI is InChI=1S/C23H24N2O3/c1-3-13-25(14-4-2)22(26)19-15-18-11-8-12-20(21(18)24-16-19)28-23(27)17-9-6-5-7-10-17/h5-12,15-16H,3-4,13-14H2,1-2H3. The van der Waals surface area contributed by atoms with E-state index in [0.29, 0.717) is 22.4 Å². The van der Waals surface area contributed by atoms with Crippen molar-refractivity contribution < 1.29 is 14.3 Å². The zero-order valence-corrected chi connectivity index (χ0v) is 16.2. The van der Waals surface area contributed by atoms with Crippen LogP contribution in [0.4, 0.5) is 0 Å². The average Bonchev–Trinajstić information content (AvgIpc) is 2.73. The smallest absolute Gasteiger partial charge is 0.343 e. The molecule has 28 heavy (non-hydrogen) atoms. The second-order valence-electron chi connectivity index (χ2n) is 6.60. The number of fused-ring (bicyclic) bond motifs is 1. The van der Waals surface area contributed by atoms with Crippen molar-refractivity contribution in [2.24, 2.45) is 0 Å². The number of amides is 1. The Morgan fingerprint density at radius 3 is 2.32 bits per heavy atom. The second-order valence-corrected chi connectivity index (χ2v) is 6.60. The van der Waals surface area contributed by atoms with Crippen LogP contribution in [0.3, 0.4) is 0 Å². The minimum absolute atomic E-state index is 0.0233. The van der Waals surface area contributed by atoms with Crippen LogP contribution < -0.4 is 4.74 Å². The van der Waals surface area contributed by atoms with Crippen molar-refractivity contribution in [1.29, 1.82) is 0 Å². The molecule has 3 rings (SSSR count). The van der Waals surface area contributed by atoms with Crippen molar-refractivity contribution in [1.82, 2.24) is 9.88 Å². The topological polar surface area (TPSA) is 59.5 Å². The number of aromatic nitrogens is 1. The Kier molecular flexibility index (Phi) is 6.37. The summed E-state index contributed by atoms with van der Waals surface area (Å²) in [5.74, 6) is -0.0822. The molecule has 0 saturated heterocycles. The van der Waals surface area contributed by atoms with E-state index < -0.39 is 5.97 Å². The summed E-state index contributed by atoms with van der Waals surface area (Å²) in [5.41, 5.74) is 1.57. The third-order valence-corrected chi connectivity index (χ3v) is 4.41. The molecule has 2 aromatic carbocycles. The van der Waals surface area contributed by atoms with Gasteiger partial charge in [0.1, 0.15) is 5.52 Å². The number of benzene rings is 2. The number of nitrogens with zero attached hydrogens (tertiary/aromatic N) is 2. The molecule has 5 nitrogen and oxygen atoms in total. The van der Waals surface area contributed by atoms with Gasteiger partial charge in [0, 0.05) is 24.7 Å². The van der Waals surface area contributed by atoms with E-state index in [1.165, 1.54) is 0 Å². The third-order valence-electron chi connectivity index (χ3n) is 4.41. The number of rotatable bonds is 7. The van der Waals surface area contributed by atoms with E-state index in [4.69, 9.17) is 4.74 Å². The first-order chi connectivity index (χ1) is 13.6. The number of pyridine rings is 1. The minimum Gasteiger partial charge on any atom is -0.421 e. The molecule has 1 amide bonds. The molecular weight excluding hydrogens is 352 g/mol. The highest BCUT2D eigenvalue weighted by atomic mass is 16.5. The van der Waals surface area contributed by atoms with Crippen LogP contribution in [-0.4, -0.2) is 34.8 Å². The predicted molar refractivity (Wildman–Crippen MR) is 110 cm³/mol. The van der Waals surface area contributed by atoms with Gasteiger partial charge in [0.05, 0.1) is 11.1 Å². The monoisotopic (exact) mass is 376 g/mol. The Morgan fingerprint density at radius 1 is 0.929 bits per heavy atom. The summed E-state index contributed by atoms with van der Waals surface area (Å²) < 4.78 is 5.54. The SMILES string of the molecule is CCCN(CCC)C(=O)c1cnc2c(OC(=O)c3ccccc3)cccc2c1. The Bertz CT molecular complexity index is 964. The summed E-state index contributed by atoms with van der Waals surface area (Å²) in [7, 11) is 0. The lowest BCUT2D eigenvalue weighted by Crippen LogP contribution is -2.32. The van der Waals surface area contributed by atoms with Gasteiger partial charge in [0.25, 0.3) is 5.91 Å². The molecule has 3 aromatic rings. The van der Waals surface area contributed by atoms with Gasteiger partial charge in [-0.05, 0) is 37.1 Å². The highest BCUT2D eigenvalue weighted by Gasteiger charge is 2.17. The number of hydrogen-bond donors (Lipinski definition) is 0. The van der Waals surface area contributed by atoms with Crippen molar-refractivity contribution in [3.63, 3.8) is 0 Å². The highest BCUT2D eigenvalue weighted by Crippen LogP contribution is 2.25. The Morgan fingerprint density at radius 2 is 1.64 bits per heavy atom. The summed E-state index contributed by atoms with van der Waals surface area (Å²) in [5, 5.41) is 0.761. The Hall–Kier alpha value is -3.21. The molecule has 0 N–H and O–H groups in total. The molecule has 5 heteroatoms. The van der Waals surface area contributed by atoms with Gasteiger partial charge in [-0.1, -0.05) is 44.2 Å². The highest BCUT2D eigenvalue weighted by molar-refractivity contribution is 5.99. The van der Waals surface area contributed by atoms with E-state index in [-0.39, 0.29) is 5.91 Å². The van der Waals surface area contributed by atoms with Crippen LogP contribution in [0.25, 0.3) is 10.9 Å². The molecule has 144 valence electrons. The number of esters is 1. The lowest BCUT2D eigenvalue weighted by atomic mass is 10.1. The number of ether oxygens (including phenoxy) is 1. The molecule has 0 aliphatic heterocycles. The van der Waals surface area contributed by atoms with Gasteiger partial charge >= 0.3 is 5.97 Å². The van der Waals surface area contributed by atoms with Gasteiger partial charge in [0.2, 0.25) is 0 Å². The molecule has 0 unspecified atom stereocenters.